The van der Waals surface area contributed by atoms with E-state index >= 15 is 0 Å². The maximum absolute atomic E-state index is 5.12. The van der Waals surface area contributed by atoms with Crippen molar-refractivity contribution in [3.8, 4) is 5.88 Å². The summed E-state index contributed by atoms with van der Waals surface area (Å²) in [5, 5.41) is 0. The van der Waals surface area contributed by atoms with E-state index in [4.69, 9.17) is 4.74 Å². The fraction of sp³-hybridized carbons (Fsp3) is 0.583. The predicted octanol–water partition coefficient (Wildman–Crippen LogP) is 2.99. The van der Waals surface area contributed by atoms with Crippen molar-refractivity contribution in [3.63, 3.8) is 0 Å². The van der Waals surface area contributed by atoms with Gasteiger partial charge in [0.25, 0.3) is 0 Å². The predicted molar refractivity (Wildman–Crippen MR) is 58.7 cm³/mol. The van der Waals surface area contributed by atoms with Crippen molar-refractivity contribution in [2.24, 2.45) is 5.41 Å². The van der Waals surface area contributed by atoms with E-state index in [0.717, 1.165) is 17.9 Å². The third-order valence-corrected chi connectivity index (χ3v) is 2.01. The summed E-state index contributed by atoms with van der Waals surface area (Å²) in [4.78, 5) is 4.26. The Morgan fingerprint density at radius 3 is 2.43 bits per heavy atom. The minimum atomic E-state index is 0.308. The molecule has 0 radical (unpaired) electrons. The molecule has 1 aromatic heterocycles. The Hall–Kier alpha value is -1.05. The van der Waals surface area contributed by atoms with Gasteiger partial charge in [-0.1, -0.05) is 20.8 Å². The minimum absolute atomic E-state index is 0.308. The lowest BCUT2D eigenvalue weighted by molar-refractivity contribution is 0.390. The second kappa shape index (κ2) is 3.99. The van der Waals surface area contributed by atoms with Crippen molar-refractivity contribution in [3.05, 3.63) is 23.4 Å². The first-order chi connectivity index (χ1) is 6.42. The lowest BCUT2D eigenvalue weighted by Crippen LogP contribution is -2.09. The first kappa shape index (κ1) is 11.0. The second-order valence-corrected chi connectivity index (χ2v) is 4.91. The number of aryl methyl sites for hydroxylation is 1. The van der Waals surface area contributed by atoms with Gasteiger partial charge in [-0.15, -0.1) is 0 Å². The number of nitrogens with zero attached hydrogens (tertiary/aromatic N) is 1. The van der Waals surface area contributed by atoms with Crippen LogP contribution in [0.25, 0.3) is 0 Å². The summed E-state index contributed by atoms with van der Waals surface area (Å²) < 4.78 is 5.12. The van der Waals surface area contributed by atoms with E-state index < -0.39 is 0 Å². The molecule has 0 spiro atoms. The summed E-state index contributed by atoms with van der Waals surface area (Å²) in [6, 6.07) is 2.15. The van der Waals surface area contributed by atoms with Gasteiger partial charge in [0.15, 0.2) is 0 Å². The molecular weight excluding hydrogens is 174 g/mol. The SMILES string of the molecule is COc1ncc(CC(C)(C)C)cc1C. The highest BCUT2D eigenvalue weighted by Gasteiger charge is 2.12. The molecular formula is C12H19NO. The van der Waals surface area contributed by atoms with Gasteiger partial charge in [0.05, 0.1) is 7.11 Å². The maximum Gasteiger partial charge on any atom is 0.215 e. The van der Waals surface area contributed by atoms with Crippen LogP contribution in [-0.2, 0) is 6.42 Å². The molecule has 0 aliphatic rings. The van der Waals surface area contributed by atoms with E-state index in [1.165, 1.54) is 5.56 Å². The molecule has 2 nitrogen and oxygen atoms in total. The fourth-order valence-electron chi connectivity index (χ4n) is 1.54. The fourth-order valence-corrected chi connectivity index (χ4v) is 1.54. The molecule has 0 aliphatic carbocycles. The zero-order valence-electron chi connectivity index (χ0n) is 9.72. The number of hydrogen-bond donors (Lipinski definition) is 0. The number of rotatable bonds is 2. The van der Waals surface area contributed by atoms with E-state index in [0.29, 0.717) is 5.41 Å². The maximum atomic E-state index is 5.12. The van der Waals surface area contributed by atoms with Gasteiger partial charge in [0.2, 0.25) is 5.88 Å². The number of methoxy groups -OCH3 is 1. The normalized spacial score (nSPS) is 11.5. The molecule has 0 unspecified atom stereocenters. The summed E-state index contributed by atoms with van der Waals surface area (Å²) >= 11 is 0. The van der Waals surface area contributed by atoms with E-state index in [9.17, 15) is 0 Å². The Morgan fingerprint density at radius 2 is 2.00 bits per heavy atom. The molecule has 0 amide bonds. The molecule has 0 fully saturated rings. The van der Waals surface area contributed by atoms with Crippen LogP contribution in [0.3, 0.4) is 0 Å². The van der Waals surface area contributed by atoms with Gasteiger partial charge in [-0.2, -0.15) is 0 Å². The number of pyridine rings is 1. The van der Waals surface area contributed by atoms with Crippen molar-refractivity contribution >= 4 is 0 Å². The summed E-state index contributed by atoms with van der Waals surface area (Å²) in [5.74, 6) is 0.725. The standard InChI is InChI=1S/C12H19NO/c1-9-6-10(7-12(2,3)4)8-13-11(9)14-5/h6,8H,7H2,1-5H3. The van der Waals surface area contributed by atoms with Gasteiger partial charge in [0, 0.05) is 11.8 Å². The zero-order valence-corrected chi connectivity index (χ0v) is 9.72. The summed E-state index contributed by atoms with van der Waals surface area (Å²) in [6.07, 6.45) is 2.95. The molecule has 1 rings (SSSR count). The van der Waals surface area contributed by atoms with E-state index in [1.807, 2.05) is 13.1 Å². The molecule has 78 valence electrons. The molecule has 0 N–H and O–H groups in total. The van der Waals surface area contributed by atoms with Crippen molar-refractivity contribution in [1.29, 1.82) is 0 Å². The molecule has 0 saturated heterocycles. The van der Waals surface area contributed by atoms with Crippen LogP contribution < -0.4 is 4.74 Å². The minimum Gasteiger partial charge on any atom is -0.481 e. The average Bonchev–Trinajstić information content (AvgIpc) is 2.01. The van der Waals surface area contributed by atoms with Gasteiger partial charge in [0.1, 0.15) is 0 Å². The first-order valence-electron chi connectivity index (χ1n) is 4.92. The van der Waals surface area contributed by atoms with Crippen molar-refractivity contribution in [2.45, 2.75) is 34.1 Å². The molecule has 0 saturated carbocycles. The van der Waals surface area contributed by atoms with E-state index in [-0.39, 0.29) is 0 Å². The monoisotopic (exact) mass is 193 g/mol. The lowest BCUT2D eigenvalue weighted by atomic mass is 9.88. The zero-order chi connectivity index (χ0) is 10.8. The van der Waals surface area contributed by atoms with Crippen molar-refractivity contribution in [2.75, 3.05) is 7.11 Å². The van der Waals surface area contributed by atoms with Gasteiger partial charge in [-0.3, -0.25) is 0 Å². The Balaban J connectivity index is 2.87. The van der Waals surface area contributed by atoms with Gasteiger partial charge in [-0.25, -0.2) is 4.98 Å². The average molecular weight is 193 g/mol. The first-order valence-corrected chi connectivity index (χ1v) is 4.92. The van der Waals surface area contributed by atoms with Crippen LogP contribution in [0.15, 0.2) is 12.3 Å². The van der Waals surface area contributed by atoms with Crippen LogP contribution in [-0.4, -0.2) is 12.1 Å². The number of ether oxygens (including phenoxy) is 1. The molecule has 1 heterocycles. The quantitative estimate of drug-likeness (QED) is 0.720. The number of hydrogen-bond acceptors (Lipinski definition) is 2. The van der Waals surface area contributed by atoms with Crippen LogP contribution in [0.5, 0.6) is 5.88 Å². The van der Waals surface area contributed by atoms with Gasteiger partial charge in [-0.05, 0) is 30.4 Å². The highest BCUT2D eigenvalue weighted by molar-refractivity contribution is 5.28. The van der Waals surface area contributed by atoms with Crippen LogP contribution in [0.1, 0.15) is 31.9 Å². The van der Waals surface area contributed by atoms with Gasteiger partial charge >= 0.3 is 0 Å². The third kappa shape index (κ3) is 3.02. The Bertz CT molecular complexity index is 313. The number of aromatic nitrogens is 1. The molecule has 0 aromatic carbocycles. The van der Waals surface area contributed by atoms with Crippen molar-refractivity contribution in [1.82, 2.24) is 4.98 Å². The summed E-state index contributed by atoms with van der Waals surface area (Å²) in [7, 11) is 1.65. The highest BCUT2D eigenvalue weighted by Crippen LogP contribution is 2.22. The van der Waals surface area contributed by atoms with Gasteiger partial charge < -0.3 is 4.74 Å². The van der Waals surface area contributed by atoms with E-state index in [2.05, 4.69) is 31.8 Å². The van der Waals surface area contributed by atoms with Crippen LogP contribution in [0, 0.1) is 12.3 Å². The summed E-state index contributed by atoms with van der Waals surface area (Å²) in [5.41, 5.74) is 2.69. The molecule has 0 aliphatic heterocycles. The second-order valence-electron chi connectivity index (χ2n) is 4.91. The molecule has 0 bridgehead atoms. The Kier molecular flexibility index (Phi) is 3.14. The Labute approximate surface area is 86.3 Å². The topological polar surface area (TPSA) is 22.1 Å². The molecule has 0 atom stereocenters. The van der Waals surface area contributed by atoms with Crippen LogP contribution in [0.2, 0.25) is 0 Å². The largest absolute Gasteiger partial charge is 0.481 e. The van der Waals surface area contributed by atoms with Crippen LogP contribution >= 0.6 is 0 Å². The molecule has 1 aromatic rings. The third-order valence-electron chi connectivity index (χ3n) is 2.01. The van der Waals surface area contributed by atoms with Crippen molar-refractivity contribution < 1.29 is 4.74 Å². The van der Waals surface area contributed by atoms with E-state index in [1.54, 1.807) is 7.11 Å². The smallest absolute Gasteiger partial charge is 0.215 e. The molecule has 2 heteroatoms. The highest BCUT2D eigenvalue weighted by atomic mass is 16.5. The Morgan fingerprint density at radius 1 is 1.36 bits per heavy atom. The van der Waals surface area contributed by atoms with Crippen LogP contribution in [0.4, 0.5) is 0 Å². The lowest BCUT2D eigenvalue weighted by Gasteiger charge is -2.18. The summed E-state index contributed by atoms with van der Waals surface area (Å²) in [6.45, 7) is 8.71. The molecule has 14 heavy (non-hydrogen) atoms.